The number of benzene rings is 2. The predicted octanol–water partition coefficient (Wildman–Crippen LogP) is 6.27. The number of Topliss-reactive ketones (excluding diaryl/α,β-unsaturated/α-hetero) is 2. The molecule has 1 N–H and O–H groups in total. The first-order valence-corrected chi connectivity index (χ1v) is 15.7. The first-order chi connectivity index (χ1) is 19.6. The van der Waals surface area contributed by atoms with E-state index in [1.54, 1.807) is 18.2 Å². The lowest BCUT2D eigenvalue weighted by Gasteiger charge is -2.49. The number of hydrogen-bond acceptors (Lipinski definition) is 7. The first-order valence-electron chi connectivity index (χ1n) is 13.9. The first kappa shape index (κ1) is 30.0. The normalized spacial score (nSPS) is 20.4. The molecule has 2 aromatic rings. The number of allylic oxidation sites excluding steroid dienone is 4. The Bertz CT molecular complexity index is 1600. The Hall–Kier alpha value is -3.43. The lowest BCUT2D eigenvalue weighted by molar-refractivity contribution is -0.137. The molecule has 0 bridgehead atoms. The Balaban J connectivity index is 1.65. The van der Waals surface area contributed by atoms with Gasteiger partial charge in [0.25, 0.3) is 0 Å². The van der Waals surface area contributed by atoms with E-state index in [4.69, 9.17) is 15.8 Å². The summed E-state index contributed by atoms with van der Waals surface area (Å²) in [5.41, 5.74) is 2.29. The largest absolute Gasteiger partial charge is 0.481 e. The van der Waals surface area contributed by atoms with Gasteiger partial charge in [-0.25, -0.2) is 0 Å². The van der Waals surface area contributed by atoms with E-state index in [2.05, 4.69) is 0 Å². The lowest BCUT2D eigenvalue weighted by atomic mass is 9.63. The summed E-state index contributed by atoms with van der Waals surface area (Å²) in [4.78, 5) is 41.2. The van der Waals surface area contributed by atoms with Crippen LogP contribution >= 0.6 is 11.6 Å². The molecule has 1 aliphatic heterocycles. The van der Waals surface area contributed by atoms with Gasteiger partial charge in [0, 0.05) is 52.9 Å². The molecule has 222 valence electrons. The van der Waals surface area contributed by atoms with Crippen LogP contribution in [0.3, 0.4) is 0 Å². The van der Waals surface area contributed by atoms with Crippen molar-refractivity contribution >= 4 is 39.3 Å². The van der Waals surface area contributed by atoms with Crippen LogP contribution in [-0.4, -0.2) is 42.5 Å². The summed E-state index contributed by atoms with van der Waals surface area (Å²) in [6, 6.07) is 12.1. The molecule has 0 saturated heterocycles. The molecule has 42 heavy (non-hydrogen) atoms. The molecular weight excluding hydrogens is 578 g/mol. The number of carboxylic acid groups (broad SMARTS) is 1. The Morgan fingerprint density at radius 3 is 2.00 bits per heavy atom. The monoisotopic (exact) mass is 611 g/mol. The second-order valence-electron chi connectivity index (χ2n) is 12.9. The van der Waals surface area contributed by atoms with Gasteiger partial charge in [0.2, 0.25) is 0 Å². The zero-order valence-corrected chi connectivity index (χ0v) is 25.6. The van der Waals surface area contributed by atoms with Gasteiger partial charge in [-0.2, -0.15) is 8.42 Å². The van der Waals surface area contributed by atoms with Gasteiger partial charge in [0.15, 0.2) is 11.6 Å². The molecule has 2 aromatic carbocycles. The minimum atomic E-state index is -4.18. The molecule has 0 amide bonds. The predicted molar refractivity (Wildman–Crippen MR) is 158 cm³/mol. The number of carboxylic acids is 1. The van der Waals surface area contributed by atoms with Gasteiger partial charge in [-0.05, 0) is 65.6 Å². The van der Waals surface area contributed by atoms with E-state index in [-0.39, 0.29) is 58.8 Å². The molecule has 10 heteroatoms. The Morgan fingerprint density at radius 2 is 1.48 bits per heavy atom. The van der Waals surface area contributed by atoms with Gasteiger partial charge in [-0.3, -0.25) is 14.4 Å². The van der Waals surface area contributed by atoms with Crippen molar-refractivity contribution in [2.75, 3.05) is 6.54 Å². The van der Waals surface area contributed by atoms with Crippen molar-refractivity contribution in [3.8, 4) is 5.75 Å². The molecule has 0 unspecified atom stereocenters. The standard InChI is InChI=1S/C32H34ClNO7S/c1-31(2)15-23-29(25(35)17-31)28(30-24(34(23)13-12-27(37)38)16-32(3,4)18-26(30)36)19-6-5-7-21(14-19)41-42(39,40)22-10-8-20(33)9-11-22/h5-11,14,28H,12-13,15-18H2,1-4H3,(H,37,38). The molecule has 8 nitrogen and oxygen atoms in total. The van der Waals surface area contributed by atoms with E-state index in [9.17, 15) is 27.9 Å². The van der Waals surface area contributed by atoms with Crippen molar-refractivity contribution in [2.45, 2.75) is 70.6 Å². The number of carbonyl (C=O) groups excluding carboxylic acids is 2. The molecule has 0 saturated carbocycles. The highest BCUT2D eigenvalue weighted by Crippen LogP contribution is 2.54. The smallest absolute Gasteiger partial charge is 0.339 e. The van der Waals surface area contributed by atoms with Crippen LogP contribution in [0.15, 0.2) is 76.0 Å². The van der Waals surface area contributed by atoms with Gasteiger partial charge in [0.05, 0.1) is 6.42 Å². The third-order valence-corrected chi connectivity index (χ3v) is 9.58. The minimum absolute atomic E-state index is 0.0484. The highest BCUT2D eigenvalue weighted by Gasteiger charge is 2.49. The van der Waals surface area contributed by atoms with E-state index in [1.165, 1.54) is 30.3 Å². The average Bonchev–Trinajstić information content (AvgIpc) is 2.85. The van der Waals surface area contributed by atoms with Gasteiger partial charge in [0.1, 0.15) is 10.6 Å². The minimum Gasteiger partial charge on any atom is -0.481 e. The summed E-state index contributed by atoms with van der Waals surface area (Å²) >= 11 is 5.91. The fraction of sp³-hybridized carbons (Fsp3) is 0.406. The second-order valence-corrected chi connectivity index (χ2v) is 14.9. The van der Waals surface area contributed by atoms with Crippen LogP contribution in [0.5, 0.6) is 5.75 Å². The van der Waals surface area contributed by atoms with E-state index in [0.29, 0.717) is 34.6 Å². The van der Waals surface area contributed by atoms with Gasteiger partial charge < -0.3 is 14.2 Å². The summed E-state index contributed by atoms with van der Waals surface area (Å²) < 4.78 is 31.5. The van der Waals surface area contributed by atoms with E-state index >= 15 is 0 Å². The number of ketones is 2. The maximum Gasteiger partial charge on any atom is 0.339 e. The van der Waals surface area contributed by atoms with Crippen LogP contribution in [0.2, 0.25) is 5.02 Å². The number of carbonyl (C=O) groups is 3. The molecule has 0 atom stereocenters. The van der Waals surface area contributed by atoms with Crippen molar-refractivity contribution in [2.24, 2.45) is 10.8 Å². The number of aliphatic carboxylic acids is 1. The molecule has 0 aromatic heterocycles. The molecule has 5 rings (SSSR count). The van der Waals surface area contributed by atoms with E-state index in [1.807, 2.05) is 32.6 Å². The summed E-state index contributed by atoms with van der Waals surface area (Å²) in [5.74, 6) is -1.83. The number of hydrogen-bond donors (Lipinski definition) is 1. The van der Waals surface area contributed by atoms with E-state index < -0.39 is 22.0 Å². The zero-order valence-electron chi connectivity index (χ0n) is 24.1. The number of rotatable bonds is 7. The molecular formula is C32H34ClNO7S. The fourth-order valence-corrected chi connectivity index (χ4v) is 7.43. The van der Waals surface area contributed by atoms with Crippen LogP contribution < -0.4 is 4.18 Å². The Kier molecular flexibility index (Phi) is 7.64. The SMILES string of the molecule is CC1(C)CC(=O)C2=C(C1)N(CCC(=O)O)C1=C(C(=O)CC(C)(C)C1)C2c1cccc(OS(=O)(=O)c2ccc(Cl)cc2)c1. The van der Waals surface area contributed by atoms with Crippen LogP contribution in [0.25, 0.3) is 0 Å². The van der Waals surface area contributed by atoms with Crippen molar-refractivity contribution in [3.05, 3.63) is 81.7 Å². The van der Waals surface area contributed by atoms with Crippen LogP contribution in [0.1, 0.15) is 71.3 Å². The van der Waals surface area contributed by atoms with Crippen LogP contribution in [-0.2, 0) is 24.5 Å². The third-order valence-electron chi connectivity index (χ3n) is 8.07. The molecule has 0 fully saturated rings. The number of nitrogens with zero attached hydrogens (tertiary/aromatic N) is 1. The van der Waals surface area contributed by atoms with Gasteiger partial charge in [-0.15, -0.1) is 0 Å². The molecule has 2 aliphatic carbocycles. The van der Waals surface area contributed by atoms with Crippen molar-refractivity contribution in [1.82, 2.24) is 4.90 Å². The molecule has 1 heterocycles. The van der Waals surface area contributed by atoms with E-state index in [0.717, 1.165) is 11.4 Å². The van der Waals surface area contributed by atoms with Crippen molar-refractivity contribution < 1.29 is 32.1 Å². The third kappa shape index (κ3) is 5.90. The molecule has 0 spiro atoms. The van der Waals surface area contributed by atoms with Gasteiger partial charge >= 0.3 is 16.1 Å². The Labute approximate surface area is 251 Å². The van der Waals surface area contributed by atoms with Crippen LogP contribution in [0, 0.1) is 10.8 Å². The highest BCUT2D eigenvalue weighted by molar-refractivity contribution is 7.87. The summed E-state index contributed by atoms with van der Waals surface area (Å²) in [6.07, 6.45) is 1.48. The molecule has 3 aliphatic rings. The van der Waals surface area contributed by atoms with Crippen molar-refractivity contribution in [3.63, 3.8) is 0 Å². The summed E-state index contributed by atoms with van der Waals surface area (Å²) in [7, 11) is -4.18. The maximum absolute atomic E-state index is 13.9. The highest BCUT2D eigenvalue weighted by atomic mass is 35.5. The average molecular weight is 612 g/mol. The summed E-state index contributed by atoms with van der Waals surface area (Å²) in [6.45, 7) is 8.18. The Morgan fingerprint density at radius 1 is 0.929 bits per heavy atom. The molecule has 0 radical (unpaired) electrons. The van der Waals surface area contributed by atoms with Crippen molar-refractivity contribution in [1.29, 1.82) is 0 Å². The lowest BCUT2D eigenvalue weighted by Crippen LogP contribution is -2.45. The maximum atomic E-state index is 13.9. The fourth-order valence-electron chi connectivity index (χ4n) is 6.38. The zero-order chi connectivity index (χ0) is 30.6. The quantitative estimate of drug-likeness (QED) is 0.364. The summed E-state index contributed by atoms with van der Waals surface area (Å²) in [5, 5.41) is 9.92. The van der Waals surface area contributed by atoms with Gasteiger partial charge in [-0.1, -0.05) is 51.4 Å². The topological polar surface area (TPSA) is 118 Å². The van der Waals surface area contributed by atoms with Crippen LogP contribution in [0.4, 0.5) is 0 Å². The second kappa shape index (κ2) is 10.7. The number of halogens is 1.